The number of carbonyl (C=O) groups is 2. The highest BCUT2D eigenvalue weighted by atomic mass is 79.9. The van der Waals surface area contributed by atoms with Gasteiger partial charge in [-0.05, 0) is 109 Å². The van der Waals surface area contributed by atoms with Crippen LogP contribution in [0.25, 0.3) is 0 Å². The zero-order valence-electron chi connectivity index (χ0n) is 28.2. The van der Waals surface area contributed by atoms with Gasteiger partial charge in [-0.2, -0.15) is 0 Å². The summed E-state index contributed by atoms with van der Waals surface area (Å²) in [5.74, 6) is -0.517. The SMILES string of the molecule is C.CC(C)(C)OC(=O)N1CCC[C@H]1C1OCCc2c(Br)ccc(F)c21.CC(C)(C)OC(=O)N1CCC[C@H]1C1OCCc2cccc(F)c21. The van der Waals surface area contributed by atoms with Gasteiger partial charge < -0.3 is 28.7 Å². The average molecular weight is 738 g/mol. The summed E-state index contributed by atoms with van der Waals surface area (Å²) in [4.78, 5) is 28.4. The molecule has 8 nitrogen and oxygen atoms in total. The van der Waals surface area contributed by atoms with Crippen LogP contribution in [-0.4, -0.2) is 71.6 Å². The molecule has 0 saturated carbocycles. The summed E-state index contributed by atoms with van der Waals surface area (Å²) in [5.41, 5.74) is 2.03. The zero-order chi connectivity index (χ0) is 34.1. The number of fused-ring (bicyclic) bond motifs is 2. The second-order valence-electron chi connectivity index (χ2n) is 14.6. The molecule has 6 rings (SSSR count). The van der Waals surface area contributed by atoms with Crippen molar-refractivity contribution >= 4 is 28.1 Å². The van der Waals surface area contributed by atoms with Gasteiger partial charge in [-0.15, -0.1) is 0 Å². The van der Waals surface area contributed by atoms with Crippen molar-refractivity contribution in [3.8, 4) is 0 Å². The molecule has 4 aliphatic rings. The van der Waals surface area contributed by atoms with E-state index in [-0.39, 0.29) is 43.3 Å². The molecule has 4 atom stereocenters. The van der Waals surface area contributed by atoms with Crippen LogP contribution in [0.2, 0.25) is 0 Å². The van der Waals surface area contributed by atoms with E-state index in [1.807, 2.05) is 47.6 Å². The third-order valence-electron chi connectivity index (χ3n) is 8.83. The zero-order valence-corrected chi connectivity index (χ0v) is 29.8. The second-order valence-corrected chi connectivity index (χ2v) is 15.4. The monoisotopic (exact) mass is 736 g/mol. The van der Waals surface area contributed by atoms with Gasteiger partial charge in [0, 0.05) is 28.7 Å². The first-order valence-electron chi connectivity index (χ1n) is 16.6. The summed E-state index contributed by atoms with van der Waals surface area (Å²) in [6, 6.07) is 7.97. The molecule has 2 unspecified atom stereocenters. The van der Waals surface area contributed by atoms with Gasteiger partial charge in [-0.1, -0.05) is 35.5 Å². The third-order valence-corrected chi connectivity index (χ3v) is 9.57. The summed E-state index contributed by atoms with van der Waals surface area (Å²) in [6.07, 6.45) is 3.18. The predicted molar refractivity (Wildman–Crippen MR) is 184 cm³/mol. The Morgan fingerprint density at radius 1 is 0.771 bits per heavy atom. The minimum Gasteiger partial charge on any atom is -0.444 e. The van der Waals surface area contributed by atoms with Gasteiger partial charge in [0.25, 0.3) is 0 Å². The Kier molecular flexibility index (Phi) is 12.2. The normalized spacial score (nSPS) is 23.7. The molecule has 2 saturated heterocycles. The van der Waals surface area contributed by atoms with Crippen LogP contribution in [0.1, 0.15) is 109 Å². The van der Waals surface area contributed by atoms with E-state index in [0.717, 1.165) is 41.3 Å². The van der Waals surface area contributed by atoms with Crippen LogP contribution in [0.3, 0.4) is 0 Å². The summed E-state index contributed by atoms with van der Waals surface area (Å²) in [6.45, 7) is 13.4. The van der Waals surface area contributed by atoms with Crippen molar-refractivity contribution in [2.45, 2.75) is 123 Å². The first-order chi connectivity index (χ1) is 22.1. The molecule has 4 aliphatic heterocycles. The second kappa shape index (κ2) is 15.4. The van der Waals surface area contributed by atoms with E-state index in [1.165, 1.54) is 12.1 Å². The van der Waals surface area contributed by atoms with Crippen molar-refractivity contribution in [3.63, 3.8) is 0 Å². The number of benzene rings is 2. The van der Waals surface area contributed by atoms with Crippen molar-refractivity contribution in [2.24, 2.45) is 0 Å². The summed E-state index contributed by atoms with van der Waals surface area (Å²) >= 11 is 3.51. The van der Waals surface area contributed by atoms with Crippen LogP contribution in [0.4, 0.5) is 18.4 Å². The third kappa shape index (κ3) is 8.69. The number of carbonyl (C=O) groups excluding carboxylic acids is 2. The Labute approximate surface area is 292 Å². The molecule has 48 heavy (non-hydrogen) atoms. The molecular weight excluding hydrogens is 686 g/mol. The maximum atomic E-state index is 14.5. The lowest BCUT2D eigenvalue weighted by Crippen LogP contribution is -2.44. The molecule has 2 aromatic rings. The van der Waals surface area contributed by atoms with E-state index in [2.05, 4.69) is 15.9 Å². The number of hydrogen-bond donors (Lipinski definition) is 0. The lowest BCUT2D eigenvalue weighted by atomic mass is 9.91. The first kappa shape index (κ1) is 38.0. The van der Waals surface area contributed by atoms with E-state index < -0.39 is 23.4 Å². The maximum Gasteiger partial charge on any atom is 0.410 e. The molecule has 266 valence electrons. The largest absolute Gasteiger partial charge is 0.444 e. The highest BCUT2D eigenvalue weighted by molar-refractivity contribution is 9.10. The van der Waals surface area contributed by atoms with Crippen molar-refractivity contribution in [3.05, 3.63) is 68.7 Å². The number of hydrogen-bond acceptors (Lipinski definition) is 6. The fourth-order valence-electron chi connectivity index (χ4n) is 6.96. The molecule has 0 radical (unpaired) electrons. The number of amides is 2. The van der Waals surface area contributed by atoms with E-state index in [0.29, 0.717) is 50.3 Å². The van der Waals surface area contributed by atoms with E-state index in [1.54, 1.807) is 21.9 Å². The first-order valence-corrected chi connectivity index (χ1v) is 17.4. The standard InChI is InChI=1S/C18H23BrFNO3.C18H24FNO3.CH4/c1-18(2,3)24-17(22)21-9-4-5-14(21)16-15-11(8-10-23-16)12(19)6-7-13(15)20;1-18(2,3)23-17(21)20-10-5-8-14(20)16-15-12(9-11-22-16)6-4-7-13(15)19;/h6-7,14,16H,4-5,8-10H2,1-3H3;4,6-7,14,16H,5,8-11H2,1-3H3;1H4/t2*14-,16?;/m00./s1. The Morgan fingerprint density at radius 2 is 1.27 bits per heavy atom. The van der Waals surface area contributed by atoms with Gasteiger partial charge in [0.15, 0.2) is 0 Å². The highest BCUT2D eigenvalue weighted by Crippen LogP contribution is 2.41. The van der Waals surface area contributed by atoms with Crippen molar-refractivity contribution < 1.29 is 37.3 Å². The average Bonchev–Trinajstić information content (AvgIpc) is 3.68. The maximum absolute atomic E-state index is 14.5. The van der Waals surface area contributed by atoms with Gasteiger partial charge in [-0.3, -0.25) is 0 Å². The molecule has 4 heterocycles. The van der Waals surface area contributed by atoms with Crippen LogP contribution in [-0.2, 0) is 31.8 Å². The number of ether oxygens (including phenoxy) is 4. The lowest BCUT2D eigenvalue weighted by molar-refractivity contribution is -0.0283. The Bertz CT molecular complexity index is 1460. The van der Waals surface area contributed by atoms with Crippen LogP contribution in [0.5, 0.6) is 0 Å². The van der Waals surface area contributed by atoms with Crippen molar-refractivity contribution in [1.29, 1.82) is 0 Å². The van der Waals surface area contributed by atoms with Gasteiger partial charge in [0.1, 0.15) is 35.0 Å². The molecule has 2 fully saturated rings. The summed E-state index contributed by atoms with van der Waals surface area (Å²) in [5, 5.41) is 0. The lowest BCUT2D eigenvalue weighted by Gasteiger charge is -2.36. The van der Waals surface area contributed by atoms with E-state index in [9.17, 15) is 18.4 Å². The fraction of sp³-hybridized carbons (Fsp3) is 0.622. The molecule has 0 aromatic heterocycles. The van der Waals surface area contributed by atoms with Crippen molar-refractivity contribution in [2.75, 3.05) is 26.3 Å². The number of likely N-dealkylation sites (tertiary alicyclic amines) is 2. The Hall–Kier alpha value is -2.76. The van der Waals surface area contributed by atoms with E-state index >= 15 is 0 Å². The number of nitrogens with zero attached hydrogens (tertiary/aromatic N) is 2. The quantitative estimate of drug-likeness (QED) is 0.306. The van der Waals surface area contributed by atoms with Crippen LogP contribution < -0.4 is 0 Å². The minimum absolute atomic E-state index is 0. The molecule has 0 spiro atoms. The van der Waals surface area contributed by atoms with Gasteiger partial charge in [0.05, 0.1) is 25.3 Å². The molecule has 2 aromatic carbocycles. The summed E-state index contributed by atoms with van der Waals surface area (Å²) in [7, 11) is 0. The van der Waals surface area contributed by atoms with Crippen molar-refractivity contribution in [1.82, 2.24) is 9.80 Å². The van der Waals surface area contributed by atoms with Gasteiger partial charge in [-0.25, -0.2) is 18.4 Å². The molecule has 2 amide bonds. The smallest absolute Gasteiger partial charge is 0.410 e. The van der Waals surface area contributed by atoms with Crippen LogP contribution >= 0.6 is 15.9 Å². The number of rotatable bonds is 2. The molecule has 0 N–H and O–H groups in total. The van der Waals surface area contributed by atoms with Gasteiger partial charge in [0.2, 0.25) is 0 Å². The minimum atomic E-state index is -0.552. The van der Waals surface area contributed by atoms with Gasteiger partial charge >= 0.3 is 12.2 Å². The molecule has 0 bridgehead atoms. The van der Waals surface area contributed by atoms with E-state index in [4.69, 9.17) is 18.9 Å². The molecular formula is C37H51BrF2N2O6. The Morgan fingerprint density at radius 3 is 1.81 bits per heavy atom. The fourth-order valence-corrected chi connectivity index (χ4v) is 7.50. The highest BCUT2D eigenvalue weighted by Gasteiger charge is 2.43. The number of halogens is 3. The molecule has 0 aliphatic carbocycles. The van der Waals surface area contributed by atoms with Crippen LogP contribution in [0.15, 0.2) is 34.8 Å². The van der Waals surface area contributed by atoms with Crippen LogP contribution in [0, 0.1) is 11.6 Å². The predicted octanol–water partition coefficient (Wildman–Crippen LogP) is 9.08. The Balaban J connectivity index is 0.000000212. The summed E-state index contributed by atoms with van der Waals surface area (Å²) < 4.78 is 52.6. The topological polar surface area (TPSA) is 77.5 Å². The molecule has 11 heteroatoms.